The monoisotopic (exact) mass is 744 g/mol. The summed E-state index contributed by atoms with van der Waals surface area (Å²) < 4.78 is 13.2. The molecule has 0 aliphatic carbocycles. The van der Waals surface area contributed by atoms with Crippen molar-refractivity contribution >= 4 is 77.2 Å². The molecular weight excluding hydrogens is 713 g/mol. The van der Waals surface area contributed by atoms with E-state index < -0.39 is 0 Å². The van der Waals surface area contributed by atoms with E-state index >= 15 is 0 Å². The molecule has 0 saturated carbocycles. The average Bonchev–Trinajstić information content (AvgIpc) is 3.88. The summed E-state index contributed by atoms with van der Waals surface area (Å²) in [6.07, 6.45) is -0.376. The number of pyridine rings is 1. The Labute approximate surface area is 332 Å². The Hall–Kier alpha value is -7.83. The molecule has 0 saturated heterocycles. The first-order chi connectivity index (χ1) is 28.7. The van der Waals surface area contributed by atoms with Gasteiger partial charge in [-0.15, -0.1) is 0 Å². The topological polar surface area (TPSA) is 75.9 Å². The second-order valence-corrected chi connectivity index (χ2v) is 14.7. The maximum Gasteiger partial charge on any atom is 0.160 e. The number of nitrogens with one attached hydrogen (secondary N) is 1. The average molecular weight is 745 g/mol. The molecule has 1 aliphatic heterocycles. The van der Waals surface area contributed by atoms with E-state index in [1.54, 1.807) is 0 Å². The third-order valence-electron chi connectivity index (χ3n) is 11.3. The van der Waals surface area contributed by atoms with Crippen molar-refractivity contribution in [2.45, 2.75) is 6.17 Å². The zero-order valence-electron chi connectivity index (χ0n) is 31.1. The first-order valence-electron chi connectivity index (χ1n) is 19.5. The summed E-state index contributed by atoms with van der Waals surface area (Å²) in [5.41, 5.74) is 11.4. The van der Waals surface area contributed by atoms with E-state index in [-0.39, 0.29) is 6.17 Å². The SMILES string of the molecule is c1ccc(C2=NC(c3cccc4oc5ccccc5c34)=NC(c3ccc(-c4cccc5c4oc4c5ccc5c(-c6ccccc6)nc6ccccc6c54)cc3)N2)cc1. The fourth-order valence-electron chi connectivity index (χ4n) is 8.62. The van der Waals surface area contributed by atoms with Gasteiger partial charge in [-0.25, -0.2) is 15.0 Å². The van der Waals surface area contributed by atoms with Crippen LogP contribution in [0.2, 0.25) is 0 Å². The predicted molar refractivity (Wildman–Crippen MR) is 237 cm³/mol. The highest BCUT2D eigenvalue weighted by Gasteiger charge is 2.24. The molecule has 272 valence electrons. The zero-order valence-corrected chi connectivity index (χ0v) is 31.1. The molecule has 1 unspecified atom stereocenters. The van der Waals surface area contributed by atoms with Gasteiger partial charge in [-0.1, -0.05) is 158 Å². The van der Waals surface area contributed by atoms with E-state index in [9.17, 15) is 0 Å². The number of hydrogen-bond donors (Lipinski definition) is 1. The minimum atomic E-state index is -0.376. The first-order valence-corrected chi connectivity index (χ1v) is 19.5. The Morgan fingerprint density at radius 3 is 1.93 bits per heavy atom. The molecule has 0 radical (unpaired) electrons. The lowest BCUT2D eigenvalue weighted by Crippen LogP contribution is -2.33. The lowest BCUT2D eigenvalue weighted by molar-refractivity contribution is 0.668. The van der Waals surface area contributed by atoms with Crippen molar-refractivity contribution in [2.75, 3.05) is 0 Å². The molecule has 0 bridgehead atoms. The number of rotatable bonds is 5. The van der Waals surface area contributed by atoms with Crippen LogP contribution in [0.15, 0.2) is 201 Å². The van der Waals surface area contributed by atoms with Crippen molar-refractivity contribution in [3.05, 3.63) is 199 Å². The van der Waals surface area contributed by atoms with Gasteiger partial charge in [0.15, 0.2) is 5.84 Å². The summed E-state index contributed by atoms with van der Waals surface area (Å²) in [5.74, 6) is 1.42. The summed E-state index contributed by atoms with van der Waals surface area (Å²) >= 11 is 0. The summed E-state index contributed by atoms with van der Waals surface area (Å²) in [6, 6.07) is 62.6. The second-order valence-electron chi connectivity index (χ2n) is 14.7. The number of fused-ring (bicyclic) bond motifs is 10. The van der Waals surface area contributed by atoms with Crippen LogP contribution in [0.1, 0.15) is 22.9 Å². The molecule has 0 fully saturated rings. The molecule has 12 rings (SSSR count). The smallest absolute Gasteiger partial charge is 0.160 e. The molecular formula is C52H32N4O2. The van der Waals surface area contributed by atoms with Crippen LogP contribution < -0.4 is 5.32 Å². The highest BCUT2D eigenvalue weighted by Crippen LogP contribution is 2.43. The number of aliphatic imine (C=N–C) groups is 2. The molecule has 4 heterocycles. The summed E-state index contributed by atoms with van der Waals surface area (Å²) in [5, 5.41) is 11.1. The molecule has 6 heteroatoms. The van der Waals surface area contributed by atoms with E-state index in [1.807, 2.05) is 60.7 Å². The van der Waals surface area contributed by atoms with Crippen LogP contribution in [0.4, 0.5) is 0 Å². The normalized spacial score (nSPS) is 14.4. The van der Waals surface area contributed by atoms with Crippen molar-refractivity contribution < 1.29 is 8.83 Å². The van der Waals surface area contributed by atoms with Crippen molar-refractivity contribution in [1.29, 1.82) is 0 Å². The molecule has 58 heavy (non-hydrogen) atoms. The summed E-state index contributed by atoms with van der Waals surface area (Å²) in [4.78, 5) is 15.5. The Balaban J connectivity index is 0.981. The molecule has 1 atom stereocenters. The van der Waals surface area contributed by atoms with Gasteiger partial charge in [-0.2, -0.15) is 0 Å². The fraction of sp³-hybridized carbons (Fsp3) is 0.0192. The Morgan fingerprint density at radius 2 is 1.09 bits per heavy atom. The van der Waals surface area contributed by atoms with Gasteiger partial charge < -0.3 is 14.2 Å². The van der Waals surface area contributed by atoms with Gasteiger partial charge in [0.2, 0.25) is 0 Å². The highest BCUT2D eigenvalue weighted by atomic mass is 16.3. The lowest BCUT2D eigenvalue weighted by Gasteiger charge is -2.24. The number of aromatic nitrogens is 1. The summed E-state index contributed by atoms with van der Waals surface area (Å²) in [7, 11) is 0. The van der Waals surface area contributed by atoms with Crippen LogP contribution in [0.5, 0.6) is 0 Å². The number of para-hydroxylation sites is 3. The minimum Gasteiger partial charge on any atom is -0.456 e. The van der Waals surface area contributed by atoms with Gasteiger partial charge in [0.25, 0.3) is 0 Å². The minimum absolute atomic E-state index is 0.376. The van der Waals surface area contributed by atoms with Crippen LogP contribution in [0, 0.1) is 0 Å². The van der Waals surface area contributed by atoms with E-state index in [1.165, 1.54) is 0 Å². The third-order valence-corrected chi connectivity index (χ3v) is 11.3. The standard InChI is InChI=1S/C52H32N4O2/c1-3-13-32(14-4-1)47-40-30-29-37-36-20-11-19-35(48(36)58-49(37)46(40)38-17-7-9-22-42(38)53-47)31-25-27-34(28-26-31)51-54-50(33-15-5-2-6-16-33)55-52(56-51)41-21-12-24-44-45(41)39-18-8-10-23-43(39)57-44/h1-30,51H,(H,54,55,56). The molecule has 1 N–H and O–H groups in total. The van der Waals surface area contributed by atoms with Crippen LogP contribution in [-0.2, 0) is 0 Å². The number of nitrogens with zero attached hydrogens (tertiary/aromatic N) is 3. The van der Waals surface area contributed by atoms with Gasteiger partial charge in [0, 0.05) is 60.0 Å². The molecule has 8 aromatic carbocycles. The molecule has 0 amide bonds. The Kier molecular flexibility index (Phi) is 7.19. The zero-order chi connectivity index (χ0) is 38.2. The summed E-state index contributed by atoms with van der Waals surface area (Å²) in [6.45, 7) is 0. The van der Waals surface area contributed by atoms with Crippen LogP contribution in [-0.4, -0.2) is 16.7 Å². The Bertz CT molecular complexity index is 3470. The lowest BCUT2D eigenvalue weighted by atomic mass is 9.97. The fourth-order valence-corrected chi connectivity index (χ4v) is 8.62. The molecule has 3 aromatic heterocycles. The molecule has 1 aliphatic rings. The van der Waals surface area contributed by atoms with Gasteiger partial charge >= 0.3 is 0 Å². The Morgan fingerprint density at radius 1 is 0.431 bits per heavy atom. The highest BCUT2D eigenvalue weighted by molar-refractivity contribution is 6.26. The van der Waals surface area contributed by atoms with Crippen molar-refractivity contribution in [2.24, 2.45) is 9.98 Å². The number of hydrogen-bond acceptors (Lipinski definition) is 6. The quantitative estimate of drug-likeness (QED) is 0.178. The predicted octanol–water partition coefficient (Wildman–Crippen LogP) is 13.0. The molecule has 6 nitrogen and oxygen atoms in total. The maximum atomic E-state index is 7.00. The van der Waals surface area contributed by atoms with E-state index in [2.05, 4.69) is 127 Å². The van der Waals surface area contributed by atoms with E-state index in [4.69, 9.17) is 23.8 Å². The largest absolute Gasteiger partial charge is 0.456 e. The molecule has 11 aromatic rings. The van der Waals surface area contributed by atoms with Gasteiger partial charge in [-0.3, -0.25) is 0 Å². The van der Waals surface area contributed by atoms with Crippen molar-refractivity contribution in [1.82, 2.24) is 10.3 Å². The third kappa shape index (κ3) is 5.09. The number of benzene rings is 8. The van der Waals surface area contributed by atoms with E-state index in [0.29, 0.717) is 5.84 Å². The van der Waals surface area contributed by atoms with Gasteiger partial charge in [0.05, 0.1) is 11.2 Å². The maximum absolute atomic E-state index is 7.00. The van der Waals surface area contributed by atoms with Crippen LogP contribution >= 0.6 is 0 Å². The van der Waals surface area contributed by atoms with Gasteiger partial charge in [0.1, 0.15) is 34.3 Å². The number of furan rings is 2. The van der Waals surface area contributed by atoms with Crippen molar-refractivity contribution in [3.8, 4) is 22.4 Å². The van der Waals surface area contributed by atoms with E-state index in [0.717, 1.165) is 110 Å². The molecule has 0 spiro atoms. The van der Waals surface area contributed by atoms with Crippen LogP contribution in [0.25, 0.3) is 87.9 Å². The number of amidine groups is 2. The van der Waals surface area contributed by atoms with Crippen LogP contribution in [0.3, 0.4) is 0 Å². The second kappa shape index (κ2) is 12.9. The van der Waals surface area contributed by atoms with Crippen molar-refractivity contribution in [3.63, 3.8) is 0 Å². The first kappa shape index (κ1) is 32.4. The van der Waals surface area contributed by atoms with Gasteiger partial charge in [-0.05, 0) is 35.4 Å².